The summed E-state index contributed by atoms with van der Waals surface area (Å²) in [7, 11) is 1.95. The van der Waals surface area contributed by atoms with Crippen LogP contribution in [0.3, 0.4) is 0 Å². The second-order valence-electron chi connectivity index (χ2n) is 6.31. The largest absolute Gasteiger partial charge is 0.324 e. The number of amides is 1. The Balaban J connectivity index is 1.48. The number of anilines is 3. The minimum absolute atomic E-state index is 0.0835. The molecule has 4 heterocycles. The highest BCUT2D eigenvalue weighted by Crippen LogP contribution is 2.20. The van der Waals surface area contributed by atoms with Crippen molar-refractivity contribution in [1.82, 2.24) is 24.8 Å². The van der Waals surface area contributed by atoms with E-state index in [0.717, 1.165) is 17.9 Å². The number of aromatic nitrogens is 4. The van der Waals surface area contributed by atoms with Gasteiger partial charge in [-0.2, -0.15) is 0 Å². The predicted octanol–water partition coefficient (Wildman–Crippen LogP) is 1.96. The molecule has 0 saturated carbocycles. The van der Waals surface area contributed by atoms with Crippen LogP contribution in [0.4, 0.5) is 17.3 Å². The Morgan fingerprint density at radius 2 is 1.89 bits per heavy atom. The van der Waals surface area contributed by atoms with Gasteiger partial charge in [0, 0.05) is 19.3 Å². The van der Waals surface area contributed by atoms with Gasteiger partial charge in [-0.1, -0.05) is 6.07 Å². The molecule has 0 aliphatic carbocycles. The summed E-state index contributed by atoms with van der Waals surface area (Å²) in [5, 5.41) is 3.14. The van der Waals surface area contributed by atoms with Gasteiger partial charge in [-0.25, -0.2) is 9.97 Å². The van der Waals surface area contributed by atoms with Crippen molar-refractivity contribution in [2.75, 3.05) is 36.9 Å². The van der Waals surface area contributed by atoms with Crippen LogP contribution in [0.25, 0.3) is 11.4 Å². The number of rotatable bonds is 4. The van der Waals surface area contributed by atoms with Gasteiger partial charge < -0.3 is 10.2 Å². The van der Waals surface area contributed by atoms with Gasteiger partial charge in [-0.15, -0.1) is 0 Å². The van der Waals surface area contributed by atoms with Crippen molar-refractivity contribution in [2.24, 2.45) is 0 Å². The van der Waals surface area contributed by atoms with Crippen molar-refractivity contribution in [3.63, 3.8) is 0 Å². The van der Waals surface area contributed by atoms with Gasteiger partial charge in [0.2, 0.25) is 5.91 Å². The van der Waals surface area contributed by atoms with Gasteiger partial charge in [0.1, 0.15) is 11.5 Å². The SMILES string of the molecule is CN1CCN(c2ccc(Nc3cncc(-c4ccccn4)n3)nc2)C(=O)C1. The fraction of sp³-hybridized carbons (Fsp3) is 0.211. The summed E-state index contributed by atoms with van der Waals surface area (Å²) in [5.74, 6) is 1.29. The summed E-state index contributed by atoms with van der Waals surface area (Å²) in [6.07, 6.45) is 6.72. The van der Waals surface area contributed by atoms with Crippen LogP contribution in [-0.2, 0) is 4.79 Å². The number of piperazine rings is 1. The Hall–Kier alpha value is -3.39. The average molecular weight is 361 g/mol. The van der Waals surface area contributed by atoms with Crippen LogP contribution in [0.15, 0.2) is 55.1 Å². The minimum atomic E-state index is 0.0835. The first-order valence-electron chi connectivity index (χ1n) is 8.64. The molecule has 0 radical (unpaired) electrons. The molecule has 136 valence electrons. The molecule has 4 rings (SSSR count). The first-order chi connectivity index (χ1) is 13.2. The lowest BCUT2D eigenvalue weighted by atomic mass is 10.2. The number of nitrogens with one attached hydrogen (secondary N) is 1. The number of carbonyl (C=O) groups excluding carboxylic acids is 1. The van der Waals surface area contributed by atoms with Crippen LogP contribution in [0.1, 0.15) is 0 Å². The van der Waals surface area contributed by atoms with E-state index in [4.69, 9.17) is 0 Å². The van der Waals surface area contributed by atoms with E-state index in [-0.39, 0.29) is 5.91 Å². The second-order valence-corrected chi connectivity index (χ2v) is 6.31. The van der Waals surface area contributed by atoms with Crippen LogP contribution < -0.4 is 10.2 Å². The summed E-state index contributed by atoms with van der Waals surface area (Å²) in [6, 6.07) is 9.36. The molecule has 1 amide bonds. The van der Waals surface area contributed by atoms with E-state index in [2.05, 4.69) is 25.3 Å². The molecule has 0 unspecified atom stereocenters. The molecule has 1 aliphatic heterocycles. The van der Waals surface area contributed by atoms with Gasteiger partial charge in [-0.3, -0.25) is 19.7 Å². The fourth-order valence-corrected chi connectivity index (χ4v) is 2.88. The highest BCUT2D eigenvalue weighted by molar-refractivity contribution is 5.95. The molecule has 1 fully saturated rings. The molecule has 0 atom stereocenters. The quantitative estimate of drug-likeness (QED) is 0.760. The molecular formula is C19H19N7O. The summed E-state index contributed by atoms with van der Waals surface area (Å²) in [4.78, 5) is 33.4. The van der Waals surface area contributed by atoms with E-state index in [1.807, 2.05) is 42.3 Å². The Morgan fingerprint density at radius 3 is 2.63 bits per heavy atom. The fourth-order valence-electron chi connectivity index (χ4n) is 2.88. The molecule has 0 spiro atoms. The van der Waals surface area contributed by atoms with Crippen molar-refractivity contribution >= 4 is 23.2 Å². The smallest absolute Gasteiger partial charge is 0.241 e. The van der Waals surface area contributed by atoms with Gasteiger partial charge in [0.15, 0.2) is 5.82 Å². The van der Waals surface area contributed by atoms with Crippen molar-refractivity contribution in [3.8, 4) is 11.4 Å². The van der Waals surface area contributed by atoms with E-state index in [9.17, 15) is 4.79 Å². The van der Waals surface area contributed by atoms with E-state index in [1.54, 1.807) is 29.7 Å². The topological polar surface area (TPSA) is 87.1 Å². The van der Waals surface area contributed by atoms with Crippen LogP contribution in [0, 0.1) is 0 Å². The monoisotopic (exact) mass is 361 g/mol. The Bertz CT molecular complexity index is 930. The van der Waals surface area contributed by atoms with E-state index < -0.39 is 0 Å². The Morgan fingerprint density at radius 1 is 0.963 bits per heavy atom. The highest BCUT2D eigenvalue weighted by atomic mass is 16.2. The number of nitrogens with zero attached hydrogens (tertiary/aromatic N) is 6. The summed E-state index contributed by atoms with van der Waals surface area (Å²) in [5.41, 5.74) is 2.23. The number of carbonyl (C=O) groups is 1. The third kappa shape index (κ3) is 3.90. The molecule has 0 aromatic carbocycles. The maximum absolute atomic E-state index is 12.2. The second kappa shape index (κ2) is 7.46. The van der Waals surface area contributed by atoms with Crippen LogP contribution in [0.5, 0.6) is 0 Å². The van der Waals surface area contributed by atoms with Crippen molar-refractivity contribution in [2.45, 2.75) is 0 Å². The van der Waals surface area contributed by atoms with E-state index in [1.165, 1.54) is 0 Å². The standard InChI is InChI=1S/C19H19N7O/c1-25-8-9-26(19(27)13-25)14-5-6-17(22-10-14)24-18-12-20-11-16(23-18)15-4-2-3-7-21-15/h2-7,10-12H,8-9,13H2,1H3,(H,22,23,24). The maximum atomic E-state index is 12.2. The van der Waals surface area contributed by atoms with Crippen LogP contribution in [-0.4, -0.2) is 57.4 Å². The van der Waals surface area contributed by atoms with E-state index >= 15 is 0 Å². The lowest BCUT2D eigenvalue weighted by Crippen LogP contribution is -2.48. The van der Waals surface area contributed by atoms with Gasteiger partial charge in [0.25, 0.3) is 0 Å². The lowest BCUT2D eigenvalue weighted by molar-refractivity contribution is -0.120. The van der Waals surface area contributed by atoms with Crippen molar-refractivity contribution in [3.05, 3.63) is 55.1 Å². The van der Waals surface area contributed by atoms with Crippen molar-refractivity contribution < 1.29 is 4.79 Å². The highest BCUT2D eigenvalue weighted by Gasteiger charge is 2.22. The predicted molar refractivity (Wildman–Crippen MR) is 103 cm³/mol. The molecular weight excluding hydrogens is 342 g/mol. The molecule has 3 aromatic heterocycles. The first-order valence-corrected chi connectivity index (χ1v) is 8.64. The molecule has 0 bridgehead atoms. The zero-order chi connectivity index (χ0) is 18.6. The molecule has 1 aliphatic rings. The average Bonchev–Trinajstić information content (AvgIpc) is 2.70. The van der Waals surface area contributed by atoms with Gasteiger partial charge >= 0.3 is 0 Å². The maximum Gasteiger partial charge on any atom is 0.241 e. The summed E-state index contributed by atoms with van der Waals surface area (Å²) < 4.78 is 0. The third-order valence-corrected chi connectivity index (χ3v) is 4.29. The Kier molecular flexibility index (Phi) is 4.71. The normalized spacial score (nSPS) is 15.0. The molecule has 1 saturated heterocycles. The number of hydrogen-bond donors (Lipinski definition) is 1. The van der Waals surface area contributed by atoms with Gasteiger partial charge in [-0.05, 0) is 31.3 Å². The summed E-state index contributed by atoms with van der Waals surface area (Å²) >= 11 is 0. The lowest BCUT2D eigenvalue weighted by Gasteiger charge is -2.31. The van der Waals surface area contributed by atoms with Gasteiger partial charge in [0.05, 0.1) is 36.5 Å². The van der Waals surface area contributed by atoms with Crippen LogP contribution >= 0.6 is 0 Å². The number of likely N-dealkylation sites (N-methyl/N-ethyl adjacent to an activating group) is 1. The zero-order valence-corrected chi connectivity index (χ0v) is 14.9. The summed E-state index contributed by atoms with van der Waals surface area (Å²) in [6.45, 7) is 1.94. The molecule has 8 nitrogen and oxygen atoms in total. The van der Waals surface area contributed by atoms with Crippen molar-refractivity contribution in [1.29, 1.82) is 0 Å². The van der Waals surface area contributed by atoms with E-state index in [0.29, 0.717) is 30.4 Å². The molecule has 8 heteroatoms. The molecule has 1 N–H and O–H groups in total. The third-order valence-electron chi connectivity index (χ3n) is 4.29. The minimum Gasteiger partial charge on any atom is -0.324 e. The first kappa shape index (κ1) is 17.0. The Labute approximate surface area is 156 Å². The number of pyridine rings is 2. The molecule has 3 aromatic rings. The molecule has 27 heavy (non-hydrogen) atoms. The number of hydrogen-bond acceptors (Lipinski definition) is 7. The van der Waals surface area contributed by atoms with Crippen LogP contribution in [0.2, 0.25) is 0 Å². The zero-order valence-electron chi connectivity index (χ0n) is 14.9.